The van der Waals surface area contributed by atoms with Crippen molar-refractivity contribution in [2.24, 2.45) is 0 Å². The molecule has 2 aromatic rings. The predicted octanol–water partition coefficient (Wildman–Crippen LogP) is 2.84. The number of hydrogen-bond acceptors (Lipinski definition) is 4. The Morgan fingerprint density at radius 2 is 1.89 bits per heavy atom. The summed E-state index contributed by atoms with van der Waals surface area (Å²) >= 11 is 0. The zero-order chi connectivity index (χ0) is 19.5. The minimum absolute atomic E-state index is 0.0400. The van der Waals surface area contributed by atoms with Gasteiger partial charge < -0.3 is 15.2 Å². The van der Waals surface area contributed by atoms with E-state index in [2.05, 4.69) is 20.2 Å². The molecule has 0 bridgehead atoms. The molecule has 148 valence electrons. The molecule has 0 spiro atoms. The Morgan fingerprint density at radius 3 is 2.61 bits per heavy atom. The van der Waals surface area contributed by atoms with Crippen LogP contribution in [0, 0.1) is 6.92 Å². The molecule has 7 heteroatoms. The van der Waals surface area contributed by atoms with Crippen LogP contribution < -0.4 is 10.9 Å². The monoisotopic (exact) mass is 381 g/mol. The zero-order valence-electron chi connectivity index (χ0n) is 16.3. The molecule has 2 aliphatic rings. The maximum Gasteiger partial charge on any atom is 0.321 e. The first kappa shape index (κ1) is 18.7. The van der Waals surface area contributed by atoms with E-state index in [-0.39, 0.29) is 11.6 Å². The number of nitrogens with one attached hydrogen (secondary N) is 2. The molecule has 2 aliphatic heterocycles. The fraction of sp³-hybridized carbons (Fsp3) is 0.476. The first-order chi connectivity index (χ1) is 13.6. The van der Waals surface area contributed by atoms with E-state index in [1.807, 2.05) is 29.2 Å². The van der Waals surface area contributed by atoms with Gasteiger partial charge in [-0.15, -0.1) is 0 Å². The van der Waals surface area contributed by atoms with E-state index >= 15 is 0 Å². The number of carbonyl (C=O) groups is 1. The number of amides is 2. The van der Waals surface area contributed by atoms with Crippen molar-refractivity contribution in [1.82, 2.24) is 19.8 Å². The number of aromatic amines is 1. The van der Waals surface area contributed by atoms with Crippen LogP contribution in [0.15, 0.2) is 35.1 Å². The van der Waals surface area contributed by atoms with Crippen LogP contribution in [-0.4, -0.2) is 58.0 Å². The molecule has 2 N–H and O–H groups in total. The van der Waals surface area contributed by atoms with Crippen LogP contribution in [0.25, 0.3) is 11.3 Å². The summed E-state index contributed by atoms with van der Waals surface area (Å²) in [6.45, 7) is 5.70. The van der Waals surface area contributed by atoms with Crippen molar-refractivity contribution >= 4 is 11.7 Å². The minimum atomic E-state index is -0.169. The van der Waals surface area contributed by atoms with E-state index in [9.17, 15) is 9.59 Å². The molecular formula is C21H27N5O2. The summed E-state index contributed by atoms with van der Waals surface area (Å²) in [4.78, 5) is 35.8. The molecule has 0 radical (unpaired) electrons. The molecule has 7 nitrogen and oxygen atoms in total. The number of carbonyl (C=O) groups excluding carboxylic acids is 1. The molecule has 1 aromatic carbocycles. The van der Waals surface area contributed by atoms with Gasteiger partial charge in [0, 0.05) is 36.4 Å². The van der Waals surface area contributed by atoms with Crippen molar-refractivity contribution in [2.75, 3.05) is 31.5 Å². The summed E-state index contributed by atoms with van der Waals surface area (Å²) in [5, 5.41) is 3.00. The van der Waals surface area contributed by atoms with E-state index in [0.29, 0.717) is 17.6 Å². The maximum absolute atomic E-state index is 12.7. The Bertz CT molecular complexity index is 886. The first-order valence-electron chi connectivity index (χ1n) is 10.1. The molecule has 3 heterocycles. The molecular weight excluding hydrogens is 354 g/mol. The topological polar surface area (TPSA) is 81.3 Å². The summed E-state index contributed by atoms with van der Waals surface area (Å²) in [6.07, 6.45) is 4.79. The third-order valence-electron chi connectivity index (χ3n) is 5.63. The van der Waals surface area contributed by atoms with Gasteiger partial charge in [0.1, 0.15) is 5.82 Å². The molecule has 2 fully saturated rings. The fourth-order valence-electron chi connectivity index (χ4n) is 4.20. The second kappa shape index (κ2) is 8.14. The summed E-state index contributed by atoms with van der Waals surface area (Å²) < 4.78 is 0. The minimum Gasteiger partial charge on any atom is -0.323 e. The highest BCUT2D eigenvalue weighted by Gasteiger charge is 2.29. The Hall–Kier alpha value is -2.67. The van der Waals surface area contributed by atoms with Crippen molar-refractivity contribution in [2.45, 2.75) is 38.6 Å². The van der Waals surface area contributed by atoms with Gasteiger partial charge in [0.2, 0.25) is 0 Å². The van der Waals surface area contributed by atoms with Gasteiger partial charge >= 0.3 is 6.03 Å². The Morgan fingerprint density at radius 1 is 1.14 bits per heavy atom. The van der Waals surface area contributed by atoms with Gasteiger partial charge in [-0.2, -0.15) is 0 Å². The van der Waals surface area contributed by atoms with Crippen LogP contribution in [0.2, 0.25) is 0 Å². The lowest BCUT2D eigenvalue weighted by atomic mass is 10.0. The Balaban J connectivity index is 1.39. The highest BCUT2D eigenvalue weighted by atomic mass is 16.2. The summed E-state index contributed by atoms with van der Waals surface area (Å²) in [5.41, 5.74) is 2.05. The van der Waals surface area contributed by atoms with Gasteiger partial charge in [0.05, 0.1) is 5.69 Å². The summed E-state index contributed by atoms with van der Waals surface area (Å²) in [6, 6.07) is 9.39. The van der Waals surface area contributed by atoms with Crippen molar-refractivity contribution < 1.29 is 4.79 Å². The van der Waals surface area contributed by atoms with E-state index in [1.54, 1.807) is 6.92 Å². The van der Waals surface area contributed by atoms with Gasteiger partial charge in [0.15, 0.2) is 0 Å². The quantitative estimate of drug-likeness (QED) is 0.857. The van der Waals surface area contributed by atoms with Gasteiger partial charge in [0.25, 0.3) is 5.56 Å². The fourth-order valence-corrected chi connectivity index (χ4v) is 4.20. The van der Waals surface area contributed by atoms with Crippen molar-refractivity contribution in [3.8, 4) is 11.3 Å². The van der Waals surface area contributed by atoms with Crippen LogP contribution >= 0.6 is 0 Å². The third kappa shape index (κ3) is 4.25. The van der Waals surface area contributed by atoms with Gasteiger partial charge in [-0.3, -0.25) is 9.69 Å². The lowest BCUT2D eigenvalue weighted by Gasteiger charge is -2.37. The molecule has 1 atom stereocenters. The molecule has 2 amide bonds. The number of aryl methyl sites for hydroxylation is 1. The zero-order valence-corrected chi connectivity index (χ0v) is 16.3. The van der Waals surface area contributed by atoms with Crippen LogP contribution in [0.1, 0.15) is 31.5 Å². The number of nitrogens with zero attached hydrogens (tertiary/aromatic N) is 3. The number of benzene rings is 1. The summed E-state index contributed by atoms with van der Waals surface area (Å²) in [5.74, 6) is 0.581. The maximum atomic E-state index is 12.7. The average Bonchev–Trinajstić information content (AvgIpc) is 3.23. The normalized spacial score (nSPS) is 20.3. The number of H-pyrrole nitrogens is 1. The molecule has 0 aliphatic carbocycles. The molecule has 2 saturated heterocycles. The number of hydrogen-bond donors (Lipinski definition) is 2. The van der Waals surface area contributed by atoms with Crippen LogP contribution in [0.4, 0.5) is 10.5 Å². The molecule has 28 heavy (non-hydrogen) atoms. The van der Waals surface area contributed by atoms with Gasteiger partial charge in [-0.05, 0) is 57.8 Å². The van der Waals surface area contributed by atoms with Gasteiger partial charge in [-0.1, -0.05) is 12.1 Å². The second-order valence-electron chi connectivity index (χ2n) is 7.71. The smallest absolute Gasteiger partial charge is 0.321 e. The lowest BCUT2D eigenvalue weighted by Crippen LogP contribution is -2.50. The number of aromatic nitrogens is 2. The standard InChI is InChI=1S/C21H27N5O2/c1-15-22-19(13-20(27)23-15)16-6-8-17(9-7-16)24-21(28)26-12-4-5-18(14-26)25-10-2-3-11-25/h6-9,13,18H,2-5,10-12,14H2,1H3,(H,24,28)(H,22,23,27)/t18-/m1/s1. The highest BCUT2D eigenvalue weighted by molar-refractivity contribution is 5.89. The van der Waals surface area contributed by atoms with E-state index in [0.717, 1.165) is 43.9 Å². The third-order valence-corrected chi connectivity index (χ3v) is 5.63. The Labute approximate surface area is 164 Å². The van der Waals surface area contributed by atoms with Crippen LogP contribution in [-0.2, 0) is 0 Å². The van der Waals surface area contributed by atoms with Crippen molar-refractivity contribution in [1.29, 1.82) is 0 Å². The largest absolute Gasteiger partial charge is 0.323 e. The van der Waals surface area contributed by atoms with Crippen molar-refractivity contribution in [3.63, 3.8) is 0 Å². The molecule has 4 rings (SSSR count). The second-order valence-corrected chi connectivity index (χ2v) is 7.71. The van der Waals surface area contributed by atoms with E-state index in [1.165, 1.54) is 25.3 Å². The molecule has 1 aromatic heterocycles. The Kier molecular flexibility index (Phi) is 5.43. The number of anilines is 1. The molecule has 0 unspecified atom stereocenters. The number of piperidine rings is 1. The number of rotatable bonds is 3. The predicted molar refractivity (Wildman–Crippen MR) is 109 cm³/mol. The van der Waals surface area contributed by atoms with Crippen molar-refractivity contribution in [3.05, 3.63) is 46.5 Å². The van der Waals surface area contributed by atoms with E-state index in [4.69, 9.17) is 0 Å². The SMILES string of the molecule is Cc1nc(-c2ccc(NC(=O)N3CCC[C@@H](N4CCCC4)C3)cc2)cc(=O)[nH]1. The molecule has 0 saturated carbocycles. The van der Waals surface area contributed by atoms with Crippen LogP contribution in [0.5, 0.6) is 0 Å². The highest BCUT2D eigenvalue weighted by Crippen LogP contribution is 2.22. The average molecular weight is 381 g/mol. The first-order valence-corrected chi connectivity index (χ1v) is 10.1. The number of urea groups is 1. The lowest BCUT2D eigenvalue weighted by molar-refractivity contribution is 0.132. The van der Waals surface area contributed by atoms with Gasteiger partial charge in [-0.25, -0.2) is 9.78 Å². The summed E-state index contributed by atoms with van der Waals surface area (Å²) in [7, 11) is 0. The van der Waals surface area contributed by atoms with Crippen LogP contribution in [0.3, 0.4) is 0 Å². The number of likely N-dealkylation sites (tertiary alicyclic amines) is 2. The van der Waals surface area contributed by atoms with E-state index < -0.39 is 0 Å².